The number of hydrogen-bond donors (Lipinski definition) is 2. The van der Waals surface area contributed by atoms with Crippen LogP contribution in [0.3, 0.4) is 0 Å². The Hall–Kier alpha value is -3.79. The Kier molecular flexibility index (Phi) is 8.27. The molecule has 2 N–H and O–H groups in total. The molecule has 2 aliphatic rings. The monoisotopic (exact) mass is 495 g/mol. The first-order valence-electron chi connectivity index (χ1n) is 12.1. The zero-order valence-corrected chi connectivity index (χ0v) is 20.7. The SMILES string of the molecule is COc1ccc(NC(=O)C[C@H]2C(=O)NCCN2C(=O)CN2CCN(c3ccc(OC)cc3)CC2)cc1. The van der Waals surface area contributed by atoms with Gasteiger partial charge >= 0.3 is 0 Å². The summed E-state index contributed by atoms with van der Waals surface area (Å²) in [6, 6.07) is 14.1. The van der Waals surface area contributed by atoms with Crippen LogP contribution in [0.5, 0.6) is 11.5 Å². The zero-order chi connectivity index (χ0) is 25.5. The average molecular weight is 496 g/mol. The molecule has 2 aromatic rings. The largest absolute Gasteiger partial charge is 0.497 e. The zero-order valence-electron chi connectivity index (χ0n) is 20.7. The standard InChI is InChI=1S/C26H33N5O5/c1-35-21-7-3-19(4-8-21)28-24(32)17-23-26(34)27-11-12-31(23)25(33)18-29-13-15-30(16-14-29)20-5-9-22(36-2)10-6-20/h3-10,23H,11-18H2,1-2H3,(H,27,34)(H,28,32)/t23-/m0/s1. The number of anilines is 2. The van der Waals surface area contributed by atoms with Crippen molar-refractivity contribution in [3.8, 4) is 11.5 Å². The molecule has 3 amide bonds. The third kappa shape index (κ3) is 6.25. The molecule has 36 heavy (non-hydrogen) atoms. The number of amides is 3. The Balaban J connectivity index is 1.30. The first kappa shape index (κ1) is 25.3. The van der Waals surface area contributed by atoms with Gasteiger partial charge in [0.1, 0.15) is 17.5 Å². The molecule has 0 unspecified atom stereocenters. The van der Waals surface area contributed by atoms with Gasteiger partial charge in [-0.3, -0.25) is 19.3 Å². The highest BCUT2D eigenvalue weighted by Gasteiger charge is 2.35. The molecule has 0 aromatic heterocycles. The molecule has 1 atom stereocenters. The van der Waals surface area contributed by atoms with Crippen LogP contribution in [-0.2, 0) is 14.4 Å². The second kappa shape index (κ2) is 11.8. The van der Waals surface area contributed by atoms with Crippen LogP contribution >= 0.6 is 0 Å². The van der Waals surface area contributed by atoms with Crippen molar-refractivity contribution in [2.24, 2.45) is 0 Å². The number of ether oxygens (including phenoxy) is 2. The highest BCUT2D eigenvalue weighted by molar-refractivity contribution is 5.97. The summed E-state index contributed by atoms with van der Waals surface area (Å²) in [6.07, 6.45) is -0.102. The van der Waals surface area contributed by atoms with E-state index in [0.29, 0.717) is 24.5 Å². The summed E-state index contributed by atoms with van der Waals surface area (Å²) in [5.41, 5.74) is 1.72. The van der Waals surface area contributed by atoms with E-state index < -0.39 is 6.04 Å². The lowest BCUT2D eigenvalue weighted by Crippen LogP contribution is -2.60. The van der Waals surface area contributed by atoms with Crippen LogP contribution in [0.1, 0.15) is 6.42 Å². The first-order chi connectivity index (χ1) is 17.5. The van der Waals surface area contributed by atoms with Gasteiger partial charge < -0.3 is 29.9 Å². The van der Waals surface area contributed by atoms with Crippen molar-refractivity contribution in [3.05, 3.63) is 48.5 Å². The van der Waals surface area contributed by atoms with E-state index in [0.717, 1.165) is 37.6 Å². The Morgan fingerprint density at radius 3 is 2.14 bits per heavy atom. The van der Waals surface area contributed by atoms with Crippen LogP contribution < -0.4 is 25.0 Å². The number of hydrogen-bond acceptors (Lipinski definition) is 7. The molecule has 0 bridgehead atoms. The van der Waals surface area contributed by atoms with E-state index >= 15 is 0 Å². The maximum absolute atomic E-state index is 13.2. The fourth-order valence-electron chi connectivity index (χ4n) is 4.52. The number of nitrogens with zero attached hydrogens (tertiary/aromatic N) is 3. The fraction of sp³-hybridized carbons (Fsp3) is 0.423. The van der Waals surface area contributed by atoms with Gasteiger partial charge in [-0.05, 0) is 48.5 Å². The van der Waals surface area contributed by atoms with Gasteiger partial charge in [0.25, 0.3) is 0 Å². The van der Waals surface area contributed by atoms with E-state index in [9.17, 15) is 14.4 Å². The van der Waals surface area contributed by atoms with E-state index in [1.807, 2.05) is 24.3 Å². The number of rotatable bonds is 8. The van der Waals surface area contributed by atoms with Crippen molar-refractivity contribution in [3.63, 3.8) is 0 Å². The lowest BCUT2D eigenvalue weighted by atomic mass is 10.1. The molecule has 4 rings (SSSR count). The van der Waals surface area contributed by atoms with Crippen molar-refractivity contribution >= 4 is 29.1 Å². The normalized spacial score (nSPS) is 18.4. The molecule has 0 radical (unpaired) electrons. The maximum Gasteiger partial charge on any atom is 0.243 e. The summed E-state index contributed by atoms with van der Waals surface area (Å²) < 4.78 is 10.4. The topological polar surface area (TPSA) is 103 Å². The summed E-state index contributed by atoms with van der Waals surface area (Å²) in [4.78, 5) is 44.4. The maximum atomic E-state index is 13.2. The van der Waals surface area contributed by atoms with Gasteiger partial charge in [-0.15, -0.1) is 0 Å². The third-order valence-corrected chi connectivity index (χ3v) is 6.57. The smallest absolute Gasteiger partial charge is 0.243 e. The van der Waals surface area contributed by atoms with Crippen molar-refractivity contribution in [2.45, 2.75) is 12.5 Å². The minimum Gasteiger partial charge on any atom is -0.497 e. The predicted molar refractivity (Wildman–Crippen MR) is 136 cm³/mol. The minimum atomic E-state index is -0.829. The highest BCUT2D eigenvalue weighted by Crippen LogP contribution is 2.21. The Morgan fingerprint density at radius 1 is 0.917 bits per heavy atom. The number of carbonyl (C=O) groups is 3. The number of benzene rings is 2. The van der Waals surface area contributed by atoms with E-state index in [1.54, 1.807) is 43.4 Å². The molecule has 2 fully saturated rings. The van der Waals surface area contributed by atoms with Crippen LogP contribution in [0.15, 0.2) is 48.5 Å². The summed E-state index contributed by atoms with van der Waals surface area (Å²) >= 11 is 0. The summed E-state index contributed by atoms with van der Waals surface area (Å²) in [7, 11) is 3.22. The van der Waals surface area contributed by atoms with Crippen LogP contribution in [-0.4, -0.2) is 93.6 Å². The van der Waals surface area contributed by atoms with Gasteiger partial charge in [-0.25, -0.2) is 0 Å². The molecule has 10 heteroatoms. The van der Waals surface area contributed by atoms with Crippen molar-refractivity contribution in [1.82, 2.24) is 15.1 Å². The molecular weight excluding hydrogens is 462 g/mol. The van der Waals surface area contributed by atoms with Crippen LogP contribution in [0.4, 0.5) is 11.4 Å². The predicted octanol–water partition coefficient (Wildman–Crippen LogP) is 1.18. The molecule has 192 valence electrons. The number of methoxy groups -OCH3 is 2. The molecule has 2 heterocycles. The van der Waals surface area contributed by atoms with E-state index in [-0.39, 0.29) is 30.7 Å². The van der Waals surface area contributed by atoms with Gasteiger partial charge in [-0.1, -0.05) is 0 Å². The number of nitrogens with one attached hydrogen (secondary N) is 2. The van der Waals surface area contributed by atoms with Gasteiger partial charge in [0.05, 0.1) is 27.2 Å². The Morgan fingerprint density at radius 2 is 1.53 bits per heavy atom. The second-order valence-corrected chi connectivity index (χ2v) is 8.84. The van der Waals surface area contributed by atoms with Crippen LogP contribution in [0.25, 0.3) is 0 Å². The fourth-order valence-corrected chi connectivity index (χ4v) is 4.52. The molecule has 10 nitrogen and oxygen atoms in total. The molecule has 2 aromatic carbocycles. The van der Waals surface area contributed by atoms with Crippen LogP contribution in [0.2, 0.25) is 0 Å². The van der Waals surface area contributed by atoms with E-state index in [4.69, 9.17) is 9.47 Å². The van der Waals surface area contributed by atoms with Gasteiger partial charge in [0.15, 0.2) is 0 Å². The number of piperazine rings is 2. The third-order valence-electron chi connectivity index (χ3n) is 6.57. The van der Waals surface area contributed by atoms with Gasteiger partial charge in [-0.2, -0.15) is 0 Å². The van der Waals surface area contributed by atoms with E-state index in [1.165, 1.54) is 0 Å². The highest BCUT2D eigenvalue weighted by atomic mass is 16.5. The second-order valence-electron chi connectivity index (χ2n) is 8.84. The molecule has 0 saturated carbocycles. The summed E-state index contributed by atoms with van der Waals surface area (Å²) in [5.74, 6) is 0.740. The number of carbonyl (C=O) groups excluding carboxylic acids is 3. The Labute approximate surface area is 211 Å². The molecule has 0 aliphatic carbocycles. The summed E-state index contributed by atoms with van der Waals surface area (Å²) in [5, 5.41) is 5.57. The first-order valence-corrected chi connectivity index (χ1v) is 12.1. The average Bonchev–Trinajstić information content (AvgIpc) is 2.90. The quantitative estimate of drug-likeness (QED) is 0.567. The molecule has 2 aliphatic heterocycles. The van der Waals surface area contributed by atoms with Gasteiger partial charge in [0, 0.05) is 50.6 Å². The van der Waals surface area contributed by atoms with E-state index in [2.05, 4.69) is 20.4 Å². The van der Waals surface area contributed by atoms with Gasteiger partial charge in [0.2, 0.25) is 17.7 Å². The van der Waals surface area contributed by atoms with Crippen molar-refractivity contribution in [2.75, 3.05) is 70.2 Å². The minimum absolute atomic E-state index is 0.102. The Bertz CT molecular complexity index is 1050. The lowest BCUT2D eigenvalue weighted by Gasteiger charge is -2.39. The molecular formula is C26H33N5O5. The summed E-state index contributed by atoms with van der Waals surface area (Å²) in [6.45, 7) is 4.06. The van der Waals surface area contributed by atoms with Crippen molar-refractivity contribution in [1.29, 1.82) is 0 Å². The lowest BCUT2D eigenvalue weighted by molar-refractivity contribution is -0.145. The van der Waals surface area contributed by atoms with Crippen molar-refractivity contribution < 1.29 is 23.9 Å². The molecule has 2 saturated heterocycles. The van der Waals surface area contributed by atoms with Crippen LogP contribution in [0, 0.1) is 0 Å². The molecule has 0 spiro atoms.